The molecule has 3 aromatic rings. The highest BCUT2D eigenvalue weighted by Gasteiger charge is 2.21. The van der Waals surface area contributed by atoms with Crippen LogP contribution in [0.2, 0.25) is 0 Å². The maximum atomic E-state index is 12.5. The van der Waals surface area contributed by atoms with Crippen molar-refractivity contribution in [1.29, 1.82) is 0 Å². The predicted octanol–water partition coefficient (Wildman–Crippen LogP) is 3.74. The molecule has 4 N–H and O–H groups in total. The van der Waals surface area contributed by atoms with Gasteiger partial charge in [-0.3, -0.25) is 4.79 Å². The summed E-state index contributed by atoms with van der Waals surface area (Å²) in [6, 6.07) is 15.7. The van der Waals surface area contributed by atoms with Gasteiger partial charge in [0.2, 0.25) is 5.91 Å². The summed E-state index contributed by atoms with van der Waals surface area (Å²) in [6.07, 6.45) is 0. The van der Waals surface area contributed by atoms with Gasteiger partial charge in [-0.25, -0.2) is 0 Å². The number of amides is 1. The van der Waals surface area contributed by atoms with Crippen LogP contribution in [0, 0.1) is 19.8 Å². The van der Waals surface area contributed by atoms with Gasteiger partial charge in [0, 0.05) is 29.2 Å². The smallest absolute Gasteiger partial charge is 0.225 e. The van der Waals surface area contributed by atoms with Crippen molar-refractivity contribution in [3.63, 3.8) is 0 Å². The van der Waals surface area contributed by atoms with Crippen molar-refractivity contribution in [2.24, 2.45) is 11.7 Å². The number of hydrogen-bond donors (Lipinski definition) is 3. The van der Waals surface area contributed by atoms with E-state index in [0.717, 1.165) is 16.6 Å². The molecule has 0 aliphatic rings. The van der Waals surface area contributed by atoms with Gasteiger partial charge in [-0.05, 0) is 42.7 Å². The lowest BCUT2D eigenvalue weighted by Gasteiger charge is -2.20. The van der Waals surface area contributed by atoms with Crippen LogP contribution in [0.15, 0.2) is 48.5 Å². The van der Waals surface area contributed by atoms with E-state index in [2.05, 4.69) is 36.3 Å². The van der Waals surface area contributed by atoms with Crippen LogP contribution in [0.5, 0.6) is 0 Å². The molecular formula is C21H25N3O. The van der Waals surface area contributed by atoms with Crippen molar-refractivity contribution < 1.29 is 4.79 Å². The number of H-pyrrole nitrogens is 1. The summed E-state index contributed by atoms with van der Waals surface area (Å²) in [7, 11) is 0. The molecule has 1 amide bonds. The number of nitrogens with two attached hydrogens (primary N) is 1. The summed E-state index contributed by atoms with van der Waals surface area (Å²) >= 11 is 0. The highest BCUT2D eigenvalue weighted by Crippen LogP contribution is 2.23. The van der Waals surface area contributed by atoms with Crippen LogP contribution in [0.3, 0.4) is 0 Å². The quantitative estimate of drug-likeness (QED) is 0.665. The molecule has 4 nitrogen and oxygen atoms in total. The third-order valence-electron chi connectivity index (χ3n) is 4.98. The number of nitrogens with one attached hydrogen (secondary N) is 2. The molecule has 2 aromatic carbocycles. The van der Waals surface area contributed by atoms with Gasteiger partial charge in [-0.15, -0.1) is 0 Å². The molecule has 1 aromatic heterocycles. The molecule has 0 aliphatic carbocycles. The van der Waals surface area contributed by atoms with E-state index < -0.39 is 0 Å². The first-order chi connectivity index (χ1) is 12.0. The maximum absolute atomic E-state index is 12.5. The van der Waals surface area contributed by atoms with Gasteiger partial charge in [-0.2, -0.15) is 0 Å². The average Bonchev–Trinajstić information content (AvgIpc) is 2.93. The Morgan fingerprint density at radius 3 is 2.60 bits per heavy atom. The van der Waals surface area contributed by atoms with Gasteiger partial charge in [-0.1, -0.05) is 43.3 Å². The highest BCUT2D eigenvalue weighted by molar-refractivity contribution is 5.85. The van der Waals surface area contributed by atoms with Gasteiger partial charge < -0.3 is 16.0 Å². The molecule has 130 valence electrons. The largest absolute Gasteiger partial charge is 0.358 e. The Labute approximate surface area is 148 Å². The Bertz CT molecular complexity index is 883. The molecule has 25 heavy (non-hydrogen) atoms. The number of carbonyl (C=O) groups is 1. The number of benzene rings is 2. The number of hydrogen-bond acceptors (Lipinski definition) is 2. The Balaban J connectivity index is 1.66. The lowest BCUT2D eigenvalue weighted by atomic mass is 9.94. The van der Waals surface area contributed by atoms with Gasteiger partial charge in [0.1, 0.15) is 0 Å². The van der Waals surface area contributed by atoms with Crippen LogP contribution in [-0.4, -0.2) is 10.9 Å². The Morgan fingerprint density at radius 2 is 1.88 bits per heavy atom. The van der Waals surface area contributed by atoms with E-state index in [1.807, 2.05) is 43.3 Å². The number of fused-ring (bicyclic) bond motifs is 1. The number of aryl methyl sites for hydroxylation is 2. The summed E-state index contributed by atoms with van der Waals surface area (Å²) in [4.78, 5) is 15.8. The molecule has 0 spiro atoms. The van der Waals surface area contributed by atoms with Gasteiger partial charge in [0.15, 0.2) is 0 Å². The van der Waals surface area contributed by atoms with E-state index in [4.69, 9.17) is 5.73 Å². The topological polar surface area (TPSA) is 70.9 Å². The predicted molar refractivity (Wildman–Crippen MR) is 102 cm³/mol. The molecule has 0 radical (unpaired) electrons. The molecule has 0 fully saturated rings. The monoisotopic (exact) mass is 335 g/mol. The van der Waals surface area contributed by atoms with Crippen molar-refractivity contribution in [1.82, 2.24) is 10.3 Å². The van der Waals surface area contributed by atoms with Crippen LogP contribution in [0.1, 0.15) is 35.3 Å². The van der Waals surface area contributed by atoms with Crippen LogP contribution >= 0.6 is 0 Å². The summed E-state index contributed by atoms with van der Waals surface area (Å²) in [5.41, 5.74) is 11.9. The molecule has 0 saturated heterocycles. The van der Waals surface area contributed by atoms with Crippen molar-refractivity contribution in [3.05, 3.63) is 70.9 Å². The minimum absolute atomic E-state index is 0.0292. The Hall–Kier alpha value is -2.59. The molecule has 1 heterocycles. The fourth-order valence-electron chi connectivity index (χ4n) is 3.10. The first-order valence-corrected chi connectivity index (χ1v) is 8.63. The zero-order valence-corrected chi connectivity index (χ0v) is 15.0. The third kappa shape index (κ3) is 3.59. The Morgan fingerprint density at radius 1 is 1.16 bits per heavy atom. The van der Waals surface area contributed by atoms with E-state index in [1.165, 1.54) is 16.6 Å². The fraction of sp³-hybridized carbons (Fsp3) is 0.286. The van der Waals surface area contributed by atoms with E-state index in [-0.39, 0.29) is 17.9 Å². The van der Waals surface area contributed by atoms with Crippen molar-refractivity contribution >= 4 is 16.8 Å². The van der Waals surface area contributed by atoms with E-state index in [1.54, 1.807) is 0 Å². The molecule has 3 rings (SSSR count). The second-order valence-corrected chi connectivity index (χ2v) is 6.70. The SMILES string of the molecule is Cc1[nH]c2ccc(CNC(=O)C(C)C(N)c3ccccc3)cc2c1C. The minimum Gasteiger partial charge on any atom is -0.358 e. The number of rotatable bonds is 5. The highest BCUT2D eigenvalue weighted by atomic mass is 16.1. The molecule has 0 aliphatic heterocycles. The van der Waals surface area contributed by atoms with Crippen molar-refractivity contribution in [2.45, 2.75) is 33.4 Å². The summed E-state index contributed by atoms with van der Waals surface area (Å²) in [5, 5.41) is 4.22. The van der Waals surface area contributed by atoms with Gasteiger partial charge in [0.25, 0.3) is 0 Å². The van der Waals surface area contributed by atoms with Crippen LogP contribution < -0.4 is 11.1 Å². The van der Waals surface area contributed by atoms with E-state index in [9.17, 15) is 4.79 Å². The van der Waals surface area contributed by atoms with E-state index in [0.29, 0.717) is 6.54 Å². The second-order valence-electron chi connectivity index (χ2n) is 6.70. The molecule has 0 saturated carbocycles. The summed E-state index contributed by atoms with van der Waals surface area (Å²) in [5.74, 6) is -0.319. The zero-order valence-electron chi connectivity index (χ0n) is 15.0. The lowest BCUT2D eigenvalue weighted by molar-refractivity contribution is -0.125. The standard InChI is InChI=1S/C21H25N3O/c1-13-15(3)24-19-10-9-16(11-18(13)19)12-23-21(25)14(2)20(22)17-7-5-4-6-8-17/h4-11,14,20,24H,12,22H2,1-3H3,(H,23,25). The van der Waals surface area contributed by atoms with Crippen molar-refractivity contribution in [2.75, 3.05) is 0 Å². The zero-order chi connectivity index (χ0) is 18.0. The lowest BCUT2D eigenvalue weighted by Crippen LogP contribution is -2.35. The maximum Gasteiger partial charge on any atom is 0.225 e. The van der Waals surface area contributed by atoms with E-state index >= 15 is 0 Å². The third-order valence-corrected chi connectivity index (χ3v) is 4.98. The molecule has 0 bridgehead atoms. The average molecular weight is 335 g/mol. The molecular weight excluding hydrogens is 310 g/mol. The summed E-state index contributed by atoms with van der Waals surface area (Å²) < 4.78 is 0. The number of aromatic nitrogens is 1. The Kier molecular flexibility index (Phi) is 4.91. The first-order valence-electron chi connectivity index (χ1n) is 8.63. The first kappa shape index (κ1) is 17.2. The van der Waals surface area contributed by atoms with Crippen LogP contribution in [0.25, 0.3) is 10.9 Å². The molecule has 4 heteroatoms. The molecule has 2 unspecified atom stereocenters. The minimum atomic E-state index is -0.307. The van der Waals surface area contributed by atoms with Crippen LogP contribution in [-0.2, 0) is 11.3 Å². The fourth-order valence-corrected chi connectivity index (χ4v) is 3.10. The van der Waals surface area contributed by atoms with Gasteiger partial charge >= 0.3 is 0 Å². The number of carbonyl (C=O) groups excluding carboxylic acids is 1. The summed E-state index contributed by atoms with van der Waals surface area (Å²) in [6.45, 7) is 6.56. The van der Waals surface area contributed by atoms with Crippen molar-refractivity contribution in [3.8, 4) is 0 Å². The molecule has 2 atom stereocenters. The number of aromatic amines is 1. The van der Waals surface area contributed by atoms with Crippen LogP contribution in [0.4, 0.5) is 0 Å². The normalized spacial score (nSPS) is 13.6. The second kappa shape index (κ2) is 7.11. The van der Waals surface area contributed by atoms with Gasteiger partial charge in [0.05, 0.1) is 5.92 Å².